The second-order valence-corrected chi connectivity index (χ2v) is 7.75. The number of aromatic nitrogens is 3. The van der Waals surface area contributed by atoms with Gasteiger partial charge in [0.25, 0.3) is 5.91 Å². The van der Waals surface area contributed by atoms with Crippen LogP contribution in [-0.4, -0.2) is 56.2 Å². The smallest absolute Gasteiger partial charge is 0.270 e. The zero-order valence-corrected chi connectivity index (χ0v) is 15.7. The van der Waals surface area contributed by atoms with Crippen molar-refractivity contribution in [2.24, 2.45) is 13.0 Å². The molecule has 2 aliphatic heterocycles. The number of rotatable bonds is 4. The molecule has 140 valence electrons. The molecule has 0 aliphatic carbocycles. The van der Waals surface area contributed by atoms with E-state index < -0.39 is 0 Å². The molecule has 1 saturated heterocycles. The fourth-order valence-corrected chi connectivity index (χ4v) is 4.26. The molecule has 0 aromatic carbocycles. The summed E-state index contributed by atoms with van der Waals surface area (Å²) in [4.78, 5) is 17.7. The summed E-state index contributed by atoms with van der Waals surface area (Å²) in [6.45, 7) is 5.95. The molecule has 0 saturated carbocycles. The molecule has 6 nitrogen and oxygen atoms in total. The standard InChI is InChI=1S/C20H29N5O/c1-22-10-5-6-19(22)20(26)24-14-17(8-13-23-11-3-2-4-12-23)15-25-18(16-24)7-9-21-25/h5-7,9-10,17H,2-4,8,11-16H2,1H3/t17-/m1/s1. The number of nitrogens with zero attached hydrogens (tertiary/aromatic N) is 5. The highest BCUT2D eigenvalue weighted by Crippen LogP contribution is 2.21. The van der Waals surface area contributed by atoms with Crippen molar-refractivity contribution in [3.8, 4) is 0 Å². The Morgan fingerprint density at radius 2 is 2.04 bits per heavy atom. The Morgan fingerprint density at radius 3 is 2.81 bits per heavy atom. The van der Waals surface area contributed by atoms with E-state index in [0.29, 0.717) is 12.5 Å². The Bertz CT molecular complexity index is 743. The van der Waals surface area contributed by atoms with Crippen LogP contribution in [0.1, 0.15) is 41.9 Å². The Morgan fingerprint density at radius 1 is 1.19 bits per heavy atom. The number of hydrogen-bond donors (Lipinski definition) is 0. The van der Waals surface area contributed by atoms with Crippen LogP contribution in [0.3, 0.4) is 0 Å². The zero-order valence-electron chi connectivity index (χ0n) is 15.7. The lowest BCUT2D eigenvalue weighted by Gasteiger charge is -2.29. The third kappa shape index (κ3) is 3.70. The fraction of sp³-hybridized carbons (Fsp3) is 0.600. The molecule has 2 aromatic rings. The van der Waals surface area contributed by atoms with Crippen molar-refractivity contribution in [2.75, 3.05) is 26.2 Å². The summed E-state index contributed by atoms with van der Waals surface area (Å²) in [5.74, 6) is 0.567. The highest BCUT2D eigenvalue weighted by Gasteiger charge is 2.27. The van der Waals surface area contributed by atoms with E-state index >= 15 is 0 Å². The molecule has 1 fully saturated rings. The Balaban J connectivity index is 1.48. The van der Waals surface area contributed by atoms with Gasteiger partial charge >= 0.3 is 0 Å². The molecule has 4 heterocycles. The Hall–Kier alpha value is -2.08. The molecule has 0 N–H and O–H groups in total. The lowest BCUT2D eigenvalue weighted by molar-refractivity contribution is 0.0703. The number of hydrogen-bond acceptors (Lipinski definition) is 3. The summed E-state index contributed by atoms with van der Waals surface area (Å²) < 4.78 is 4.01. The molecule has 0 radical (unpaired) electrons. The van der Waals surface area contributed by atoms with E-state index in [4.69, 9.17) is 0 Å². The number of carbonyl (C=O) groups is 1. The predicted molar refractivity (Wildman–Crippen MR) is 101 cm³/mol. The van der Waals surface area contributed by atoms with Gasteiger partial charge in [-0.25, -0.2) is 0 Å². The summed E-state index contributed by atoms with van der Waals surface area (Å²) in [6.07, 6.45) is 8.93. The van der Waals surface area contributed by atoms with Crippen LogP contribution in [0.25, 0.3) is 0 Å². The van der Waals surface area contributed by atoms with E-state index in [9.17, 15) is 4.79 Å². The summed E-state index contributed by atoms with van der Waals surface area (Å²) in [6, 6.07) is 5.88. The summed E-state index contributed by atoms with van der Waals surface area (Å²) in [5, 5.41) is 4.50. The number of carbonyl (C=O) groups excluding carboxylic acids is 1. The normalized spacial score (nSPS) is 21.4. The lowest BCUT2D eigenvalue weighted by atomic mass is 10.0. The van der Waals surface area contributed by atoms with E-state index in [1.165, 1.54) is 32.4 Å². The van der Waals surface area contributed by atoms with Gasteiger partial charge < -0.3 is 14.4 Å². The van der Waals surface area contributed by atoms with Gasteiger partial charge in [-0.05, 0) is 63.0 Å². The van der Waals surface area contributed by atoms with E-state index in [1.807, 2.05) is 47.1 Å². The highest BCUT2D eigenvalue weighted by atomic mass is 16.2. The van der Waals surface area contributed by atoms with E-state index in [-0.39, 0.29) is 5.91 Å². The monoisotopic (exact) mass is 355 g/mol. The van der Waals surface area contributed by atoms with Crippen LogP contribution in [-0.2, 0) is 20.1 Å². The van der Waals surface area contributed by atoms with Crippen LogP contribution >= 0.6 is 0 Å². The zero-order chi connectivity index (χ0) is 17.9. The van der Waals surface area contributed by atoms with Gasteiger partial charge in [-0.2, -0.15) is 5.10 Å². The third-order valence-electron chi connectivity index (χ3n) is 5.82. The van der Waals surface area contributed by atoms with Crippen molar-refractivity contribution in [3.05, 3.63) is 42.0 Å². The lowest BCUT2D eigenvalue weighted by Crippen LogP contribution is -2.37. The molecule has 1 atom stereocenters. The molecule has 26 heavy (non-hydrogen) atoms. The van der Waals surface area contributed by atoms with Crippen LogP contribution < -0.4 is 0 Å². The van der Waals surface area contributed by atoms with Crippen molar-refractivity contribution < 1.29 is 4.79 Å². The minimum atomic E-state index is 0.120. The van der Waals surface area contributed by atoms with E-state index in [1.54, 1.807) is 0 Å². The van der Waals surface area contributed by atoms with Gasteiger partial charge in [0.1, 0.15) is 5.69 Å². The molecule has 2 aliphatic rings. The van der Waals surface area contributed by atoms with Gasteiger partial charge in [-0.3, -0.25) is 9.48 Å². The quantitative estimate of drug-likeness (QED) is 0.846. The van der Waals surface area contributed by atoms with Crippen LogP contribution in [0, 0.1) is 5.92 Å². The molecular formula is C20H29N5O. The summed E-state index contributed by atoms with van der Waals surface area (Å²) in [7, 11) is 1.93. The second-order valence-electron chi connectivity index (χ2n) is 7.75. The van der Waals surface area contributed by atoms with Crippen molar-refractivity contribution in [1.82, 2.24) is 24.1 Å². The molecule has 0 bridgehead atoms. The molecule has 6 heteroatoms. The van der Waals surface area contributed by atoms with E-state index in [0.717, 1.165) is 37.4 Å². The minimum absolute atomic E-state index is 0.120. The van der Waals surface area contributed by atoms with Gasteiger partial charge in [0, 0.05) is 32.5 Å². The molecule has 4 rings (SSSR count). The fourth-order valence-electron chi connectivity index (χ4n) is 4.26. The van der Waals surface area contributed by atoms with Crippen LogP contribution in [0.4, 0.5) is 0 Å². The number of aryl methyl sites for hydroxylation is 1. The SMILES string of the molecule is Cn1cccc1C(=O)N1Cc2ccnn2C[C@H](CCN2CCCCC2)C1. The highest BCUT2D eigenvalue weighted by molar-refractivity contribution is 5.92. The van der Waals surface area contributed by atoms with Crippen LogP contribution in [0.2, 0.25) is 0 Å². The number of fused-ring (bicyclic) bond motifs is 1. The molecule has 2 aromatic heterocycles. The maximum Gasteiger partial charge on any atom is 0.270 e. The van der Waals surface area contributed by atoms with Crippen molar-refractivity contribution >= 4 is 5.91 Å². The van der Waals surface area contributed by atoms with Gasteiger partial charge in [0.05, 0.1) is 12.2 Å². The topological polar surface area (TPSA) is 46.3 Å². The molecular weight excluding hydrogens is 326 g/mol. The van der Waals surface area contributed by atoms with Gasteiger partial charge in [0.2, 0.25) is 0 Å². The van der Waals surface area contributed by atoms with E-state index in [2.05, 4.69) is 14.7 Å². The number of amides is 1. The average molecular weight is 355 g/mol. The maximum absolute atomic E-state index is 13.1. The van der Waals surface area contributed by atoms with Crippen LogP contribution in [0.15, 0.2) is 30.6 Å². The minimum Gasteiger partial charge on any atom is -0.347 e. The largest absolute Gasteiger partial charge is 0.347 e. The van der Waals surface area contributed by atoms with Gasteiger partial charge in [0.15, 0.2) is 0 Å². The Kier molecular flexibility index (Phi) is 5.11. The Labute approximate surface area is 155 Å². The predicted octanol–water partition coefficient (Wildman–Crippen LogP) is 2.37. The van der Waals surface area contributed by atoms with Crippen LogP contribution in [0.5, 0.6) is 0 Å². The second kappa shape index (κ2) is 7.66. The maximum atomic E-state index is 13.1. The molecule has 1 amide bonds. The molecule has 0 unspecified atom stereocenters. The van der Waals surface area contributed by atoms with Gasteiger partial charge in [-0.1, -0.05) is 6.42 Å². The number of piperidine rings is 1. The van der Waals surface area contributed by atoms with Crippen molar-refractivity contribution in [2.45, 2.75) is 38.8 Å². The first kappa shape index (κ1) is 17.3. The van der Waals surface area contributed by atoms with Crippen molar-refractivity contribution in [1.29, 1.82) is 0 Å². The average Bonchev–Trinajstić information content (AvgIpc) is 3.24. The molecule has 0 spiro atoms. The first-order chi connectivity index (χ1) is 12.7. The first-order valence-electron chi connectivity index (χ1n) is 9.84. The number of likely N-dealkylation sites (tertiary alicyclic amines) is 1. The third-order valence-corrected chi connectivity index (χ3v) is 5.82. The first-order valence-corrected chi connectivity index (χ1v) is 9.84. The summed E-state index contributed by atoms with van der Waals surface area (Å²) >= 11 is 0. The van der Waals surface area contributed by atoms with Crippen molar-refractivity contribution in [3.63, 3.8) is 0 Å². The summed E-state index contributed by atoms with van der Waals surface area (Å²) in [5.41, 5.74) is 1.89. The van der Waals surface area contributed by atoms with Gasteiger partial charge in [-0.15, -0.1) is 0 Å².